The fraction of sp³-hybridized carbons (Fsp3) is 0.133. The van der Waals surface area contributed by atoms with E-state index >= 15 is 0 Å². The van der Waals surface area contributed by atoms with Gasteiger partial charge < -0.3 is 9.94 Å². The van der Waals surface area contributed by atoms with Crippen LogP contribution < -0.4 is 0 Å². The molecule has 0 saturated carbocycles. The quantitative estimate of drug-likeness (QED) is 0.392. The van der Waals surface area contributed by atoms with Gasteiger partial charge in [0.15, 0.2) is 0 Å². The monoisotopic (exact) mass is 328 g/mol. The van der Waals surface area contributed by atoms with Crippen LogP contribution in [0.4, 0.5) is 0 Å². The molecule has 0 spiro atoms. The Morgan fingerprint density at radius 1 is 1.10 bits per heavy atom. The SMILES string of the molecule is O=C1CCC(=O)N1OC(O)=C1C=CC=C1.[Fe].c1cc[cH-]c1. The van der Waals surface area contributed by atoms with Crippen LogP contribution in [0.2, 0.25) is 0 Å². The molecule has 0 aromatic heterocycles. The standard InChI is InChI=1S/C10H9NO4.C5H5.Fe/c12-8-5-6-9(13)11(8)15-10(14)7-3-1-2-4-7;1-2-4-5-3-1;/h1-4,14H,5-6H2;1-5H;/q;-1;. The summed E-state index contributed by atoms with van der Waals surface area (Å²) in [5, 5.41) is 10.1. The number of allylic oxidation sites excluding steroid dienone is 5. The van der Waals surface area contributed by atoms with Gasteiger partial charge in [-0.05, 0) is 12.2 Å². The zero-order valence-electron chi connectivity index (χ0n) is 11.1. The molecule has 2 amide bonds. The van der Waals surface area contributed by atoms with Crippen molar-refractivity contribution in [3.8, 4) is 0 Å². The molecule has 1 aliphatic carbocycles. The van der Waals surface area contributed by atoms with Crippen LogP contribution in [0.5, 0.6) is 0 Å². The van der Waals surface area contributed by atoms with Gasteiger partial charge >= 0.3 is 5.95 Å². The Morgan fingerprint density at radius 2 is 1.62 bits per heavy atom. The van der Waals surface area contributed by atoms with Crippen LogP contribution in [-0.4, -0.2) is 22.0 Å². The summed E-state index contributed by atoms with van der Waals surface area (Å²) in [6.45, 7) is 0. The Labute approximate surface area is 133 Å². The van der Waals surface area contributed by atoms with Crippen molar-refractivity contribution < 1.29 is 36.6 Å². The van der Waals surface area contributed by atoms with Crippen molar-refractivity contribution in [2.45, 2.75) is 12.8 Å². The Bertz CT molecular complexity index is 525. The van der Waals surface area contributed by atoms with E-state index in [1.54, 1.807) is 24.3 Å². The maximum absolute atomic E-state index is 11.1. The van der Waals surface area contributed by atoms with Crippen LogP contribution in [0.15, 0.2) is 66.2 Å². The van der Waals surface area contributed by atoms with Gasteiger partial charge in [-0.2, -0.15) is 18.2 Å². The summed E-state index contributed by atoms with van der Waals surface area (Å²) >= 11 is 0. The third-order valence-electron chi connectivity index (χ3n) is 2.65. The number of nitrogens with zero attached hydrogens (tertiary/aromatic N) is 1. The van der Waals surface area contributed by atoms with Crippen LogP contribution in [0.25, 0.3) is 0 Å². The number of hydrogen-bond acceptors (Lipinski definition) is 4. The molecule has 0 unspecified atom stereocenters. The summed E-state index contributed by atoms with van der Waals surface area (Å²) in [6, 6.07) is 10.0. The number of carbonyl (C=O) groups is 2. The molecule has 0 bridgehead atoms. The number of rotatable bonds is 2. The molecule has 1 saturated heterocycles. The second-order valence-electron chi connectivity index (χ2n) is 4.11. The number of imide groups is 1. The number of carbonyl (C=O) groups excluding carboxylic acids is 2. The van der Waals surface area contributed by atoms with E-state index < -0.39 is 17.8 Å². The summed E-state index contributed by atoms with van der Waals surface area (Å²) in [4.78, 5) is 27.1. The van der Waals surface area contributed by atoms with Crippen molar-refractivity contribution in [2.24, 2.45) is 0 Å². The smallest absolute Gasteiger partial charge is 0.312 e. The van der Waals surface area contributed by atoms with Gasteiger partial charge in [0.1, 0.15) is 0 Å². The minimum atomic E-state index is -0.441. The molecular formula is C15H14FeNO4-. The van der Waals surface area contributed by atoms with Gasteiger partial charge in [-0.25, -0.2) is 12.1 Å². The molecule has 1 N–H and O–H groups in total. The Morgan fingerprint density at radius 3 is 2.05 bits per heavy atom. The first-order valence-electron chi connectivity index (χ1n) is 6.17. The molecule has 5 nitrogen and oxygen atoms in total. The fourth-order valence-corrected chi connectivity index (χ4v) is 1.63. The summed E-state index contributed by atoms with van der Waals surface area (Å²) in [5.41, 5.74) is 0.433. The average Bonchev–Trinajstić information content (AvgIpc) is 3.18. The maximum atomic E-state index is 11.1. The van der Waals surface area contributed by atoms with Crippen LogP contribution in [0, 0.1) is 0 Å². The molecular weight excluding hydrogens is 314 g/mol. The van der Waals surface area contributed by atoms with Gasteiger partial charge in [0.2, 0.25) is 0 Å². The molecule has 0 atom stereocenters. The Kier molecular flexibility index (Phi) is 6.59. The molecule has 1 fully saturated rings. The second-order valence-corrected chi connectivity index (χ2v) is 4.11. The summed E-state index contributed by atoms with van der Waals surface area (Å²) in [7, 11) is 0. The van der Waals surface area contributed by atoms with Crippen molar-refractivity contribution >= 4 is 11.8 Å². The van der Waals surface area contributed by atoms with Gasteiger partial charge in [0, 0.05) is 29.9 Å². The molecule has 1 aromatic carbocycles. The first-order valence-corrected chi connectivity index (χ1v) is 6.17. The number of aliphatic hydroxyl groups is 1. The summed E-state index contributed by atoms with van der Waals surface area (Å²) in [6.07, 6.45) is 6.91. The second kappa shape index (κ2) is 8.19. The van der Waals surface area contributed by atoms with Gasteiger partial charge in [-0.15, -0.1) is 5.06 Å². The van der Waals surface area contributed by atoms with E-state index in [1.165, 1.54) is 0 Å². The number of aliphatic hydroxyl groups excluding tert-OH is 1. The molecule has 6 heteroatoms. The predicted molar refractivity (Wildman–Crippen MR) is 72.1 cm³/mol. The number of amides is 2. The molecule has 2 aliphatic rings. The van der Waals surface area contributed by atoms with E-state index in [-0.39, 0.29) is 29.9 Å². The van der Waals surface area contributed by atoms with Crippen LogP contribution >= 0.6 is 0 Å². The zero-order valence-corrected chi connectivity index (χ0v) is 12.2. The minimum absolute atomic E-state index is 0. The molecule has 1 aliphatic heterocycles. The van der Waals surface area contributed by atoms with Crippen LogP contribution in [0.3, 0.4) is 0 Å². The van der Waals surface area contributed by atoms with Crippen LogP contribution in [0.1, 0.15) is 12.8 Å². The van der Waals surface area contributed by atoms with E-state index in [2.05, 4.69) is 0 Å². The van der Waals surface area contributed by atoms with E-state index in [4.69, 9.17) is 4.84 Å². The van der Waals surface area contributed by atoms with Gasteiger partial charge in [-0.3, -0.25) is 9.59 Å². The van der Waals surface area contributed by atoms with E-state index in [0.717, 1.165) is 0 Å². The number of hydroxylamine groups is 2. The van der Waals surface area contributed by atoms with Gasteiger partial charge in [-0.1, -0.05) is 12.2 Å². The third kappa shape index (κ3) is 4.70. The predicted octanol–water partition coefficient (Wildman–Crippen LogP) is 2.37. The Balaban J connectivity index is 0.000000313. The molecule has 21 heavy (non-hydrogen) atoms. The Hall–Kier alpha value is -2.17. The number of hydrogen-bond donors (Lipinski definition) is 1. The largest absolute Gasteiger partial charge is 0.479 e. The normalized spacial score (nSPS) is 15.6. The van der Waals surface area contributed by atoms with E-state index in [1.807, 2.05) is 30.3 Å². The summed E-state index contributed by atoms with van der Waals surface area (Å²) in [5.74, 6) is -1.31. The van der Waals surface area contributed by atoms with Crippen molar-refractivity contribution in [1.82, 2.24) is 5.06 Å². The van der Waals surface area contributed by atoms with Gasteiger partial charge in [0.05, 0.1) is 5.57 Å². The molecule has 1 aromatic rings. The van der Waals surface area contributed by atoms with Crippen molar-refractivity contribution in [3.05, 3.63) is 66.2 Å². The molecule has 1 heterocycles. The maximum Gasteiger partial charge on any atom is 0.312 e. The van der Waals surface area contributed by atoms with Crippen molar-refractivity contribution in [3.63, 3.8) is 0 Å². The third-order valence-corrected chi connectivity index (χ3v) is 2.65. The van der Waals surface area contributed by atoms with E-state index in [0.29, 0.717) is 10.6 Å². The van der Waals surface area contributed by atoms with E-state index in [9.17, 15) is 14.7 Å². The van der Waals surface area contributed by atoms with Crippen molar-refractivity contribution in [2.75, 3.05) is 0 Å². The topological polar surface area (TPSA) is 66.8 Å². The van der Waals surface area contributed by atoms with Crippen LogP contribution in [-0.2, 0) is 31.5 Å². The molecule has 3 rings (SSSR count). The fourth-order valence-electron chi connectivity index (χ4n) is 1.63. The first kappa shape index (κ1) is 16.9. The molecule has 112 valence electrons. The van der Waals surface area contributed by atoms with Crippen molar-refractivity contribution in [1.29, 1.82) is 0 Å². The zero-order chi connectivity index (χ0) is 14.4. The van der Waals surface area contributed by atoms with Gasteiger partial charge in [0.25, 0.3) is 11.8 Å². The summed E-state index contributed by atoms with van der Waals surface area (Å²) < 4.78 is 0. The minimum Gasteiger partial charge on any atom is -0.479 e. The molecule has 0 radical (unpaired) electrons. The first-order chi connectivity index (χ1) is 9.68. The average molecular weight is 328 g/mol.